The van der Waals surface area contributed by atoms with Crippen molar-refractivity contribution in [1.82, 2.24) is 19.7 Å². The molecule has 3 heterocycles. The predicted molar refractivity (Wildman–Crippen MR) is 180 cm³/mol. The number of carbonyl (C=O) groups excluding carboxylic acids is 2. The minimum absolute atomic E-state index is 0.0732. The number of anilines is 1. The molecule has 0 bridgehead atoms. The van der Waals surface area contributed by atoms with Crippen molar-refractivity contribution in [3.63, 3.8) is 0 Å². The zero-order chi connectivity index (χ0) is 33.8. The van der Waals surface area contributed by atoms with Crippen LogP contribution in [0.2, 0.25) is 0 Å². The smallest absolute Gasteiger partial charge is 0.410 e. The summed E-state index contributed by atoms with van der Waals surface area (Å²) in [4.78, 5) is 34.9. The van der Waals surface area contributed by atoms with E-state index in [1.807, 2.05) is 46.2 Å². The number of nitriles is 1. The van der Waals surface area contributed by atoms with Crippen LogP contribution in [0.25, 0.3) is 11.1 Å². The van der Waals surface area contributed by atoms with E-state index in [0.717, 1.165) is 42.4 Å². The van der Waals surface area contributed by atoms with Crippen LogP contribution < -0.4 is 9.64 Å². The summed E-state index contributed by atoms with van der Waals surface area (Å²) in [5.41, 5.74) is 3.67. The van der Waals surface area contributed by atoms with Gasteiger partial charge in [-0.2, -0.15) is 10.4 Å². The maximum atomic E-state index is 14.3. The lowest BCUT2D eigenvalue weighted by Crippen LogP contribution is -2.54. The Hall–Kier alpha value is -4.43. The highest BCUT2D eigenvalue weighted by Gasteiger charge is 2.36. The van der Waals surface area contributed by atoms with Gasteiger partial charge in [0.15, 0.2) is 0 Å². The standard InChI is InChI=1S/C37H46N6O5/c1-24(2)43-21-31(19-40-43)29-14-15-39-35(17-29)42(36(45)27-8-11-33(12-9-27)48-37(46)41-22-32(44)23-41)20-25-4-6-26(7-5-25)28-10-13-34(47-3)30(16-28)18-38/h10,13-17,19,21,24-27,32-33,44H,4-9,11-12,20,22-23H2,1-3H3. The van der Waals surface area contributed by atoms with Crippen molar-refractivity contribution >= 4 is 17.8 Å². The second kappa shape index (κ2) is 14.8. The van der Waals surface area contributed by atoms with Crippen LogP contribution >= 0.6 is 0 Å². The average Bonchev–Trinajstić information content (AvgIpc) is 3.60. The third kappa shape index (κ3) is 7.49. The first kappa shape index (κ1) is 33.5. The summed E-state index contributed by atoms with van der Waals surface area (Å²) in [6.07, 6.45) is 11.0. The fourth-order valence-electron chi connectivity index (χ4n) is 7.28. The highest BCUT2D eigenvalue weighted by Crippen LogP contribution is 2.39. The molecule has 254 valence electrons. The number of rotatable bonds is 9. The van der Waals surface area contributed by atoms with Crippen LogP contribution in [0.15, 0.2) is 48.9 Å². The third-order valence-electron chi connectivity index (χ3n) is 10.3. The lowest BCUT2D eigenvalue weighted by molar-refractivity contribution is -0.124. The SMILES string of the molecule is COc1ccc(C2CCC(CN(C(=O)C3CCC(OC(=O)N4CC(O)C4)CC3)c3cc(-c4cnn(C(C)C)c4)ccn3)CC2)cc1C#N. The number of β-amino-alcohol motifs (C(OH)–C–C–N with tert-alkyl or cyclic N) is 1. The van der Waals surface area contributed by atoms with Gasteiger partial charge in [-0.05, 0) is 112 Å². The number of pyridine rings is 1. The van der Waals surface area contributed by atoms with Gasteiger partial charge in [-0.1, -0.05) is 6.07 Å². The molecule has 3 fully saturated rings. The minimum atomic E-state index is -0.468. The van der Waals surface area contributed by atoms with E-state index in [-0.39, 0.29) is 30.1 Å². The molecule has 6 rings (SSSR count). The molecule has 11 nitrogen and oxygen atoms in total. The second-order valence-corrected chi connectivity index (χ2v) is 13.9. The van der Waals surface area contributed by atoms with Gasteiger partial charge in [0, 0.05) is 36.5 Å². The van der Waals surface area contributed by atoms with Crippen molar-refractivity contribution in [3.8, 4) is 22.9 Å². The summed E-state index contributed by atoms with van der Waals surface area (Å²) in [5.74, 6) is 1.82. The maximum absolute atomic E-state index is 14.3. The molecule has 0 unspecified atom stereocenters. The number of amides is 2. The molecule has 48 heavy (non-hydrogen) atoms. The van der Waals surface area contributed by atoms with E-state index in [1.54, 1.807) is 13.3 Å². The van der Waals surface area contributed by atoms with E-state index < -0.39 is 6.10 Å². The van der Waals surface area contributed by atoms with Gasteiger partial charge in [-0.3, -0.25) is 14.4 Å². The third-order valence-corrected chi connectivity index (χ3v) is 10.3. The van der Waals surface area contributed by atoms with E-state index in [4.69, 9.17) is 14.5 Å². The Morgan fingerprint density at radius 1 is 1.04 bits per heavy atom. The number of hydrogen-bond acceptors (Lipinski definition) is 8. The number of methoxy groups -OCH3 is 1. The Kier molecular flexibility index (Phi) is 10.3. The topological polar surface area (TPSA) is 134 Å². The molecule has 1 N–H and O–H groups in total. The molecule has 11 heteroatoms. The van der Waals surface area contributed by atoms with Gasteiger partial charge < -0.3 is 19.5 Å². The van der Waals surface area contributed by atoms with Crippen molar-refractivity contribution in [2.24, 2.45) is 11.8 Å². The van der Waals surface area contributed by atoms with E-state index in [0.29, 0.717) is 74.3 Å². The van der Waals surface area contributed by atoms with Crippen LogP contribution in [0.1, 0.15) is 88.3 Å². The van der Waals surface area contributed by atoms with E-state index >= 15 is 0 Å². The first-order valence-corrected chi connectivity index (χ1v) is 17.3. The Bertz CT molecular complexity index is 1630. The Morgan fingerprint density at radius 2 is 1.79 bits per heavy atom. The van der Waals surface area contributed by atoms with Gasteiger partial charge in [0.25, 0.3) is 0 Å². The Labute approximate surface area is 282 Å². The number of aliphatic hydroxyl groups excluding tert-OH is 1. The van der Waals surface area contributed by atoms with Crippen molar-refractivity contribution < 1.29 is 24.2 Å². The molecule has 2 aromatic heterocycles. The molecular formula is C37H46N6O5. The van der Waals surface area contributed by atoms with Crippen LogP contribution in [0, 0.1) is 23.2 Å². The van der Waals surface area contributed by atoms with Gasteiger partial charge in [0.2, 0.25) is 5.91 Å². The van der Waals surface area contributed by atoms with Crippen LogP contribution in [0.3, 0.4) is 0 Å². The number of aromatic nitrogens is 3. The highest BCUT2D eigenvalue weighted by atomic mass is 16.6. The van der Waals surface area contributed by atoms with Gasteiger partial charge in [0.1, 0.15) is 23.7 Å². The summed E-state index contributed by atoms with van der Waals surface area (Å²) in [5, 5.41) is 23.6. The summed E-state index contributed by atoms with van der Waals surface area (Å²) in [6.45, 7) is 5.40. The number of aliphatic hydroxyl groups is 1. The molecule has 0 spiro atoms. The molecule has 2 aliphatic carbocycles. The summed E-state index contributed by atoms with van der Waals surface area (Å²) in [7, 11) is 1.58. The zero-order valence-electron chi connectivity index (χ0n) is 28.1. The molecular weight excluding hydrogens is 608 g/mol. The molecule has 1 aromatic carbocycles. The van der Waals surface area contributed by atoms with Crippen molar-refractivity contribution in [3.05, 3.63) is 60.0 Å². The quantitative estimate of drug-likeness (QED) is 0.293. The number of ether oxygens (including phenoxy) is 2. The monoisotopic (exact) mass is 654 g/mol. The lowest BCUT2D eigenvalue weighted by atomic mass is 9.78. The molecule has 1 aliphatic heterocycles. The fraction of sp³-hybridized carbons (Fsp3) is 0.541. The maximum Gasteiger partial charge on any atom is 0.410 e. The number of likely N-dealkylation sites (tertiary alicyclic amines) is 1. The van der Waals surface area contributed by atoms with Crippen LogP contribution in [-0.2, 0) is 9.53 Å². The number of nitrogens with zero attached hydrogens (tertiary/aromatic N) is 6. The largest absolute Gasteiger partial charge is 0.495 e. The van der Waals surface area contributed by atoms with Crippen molar-refractivity contribution in [1.29, 1.82) is 5.26 Å². The Morgan fingerprint density at radius 3 is 2.44 bits per heavy atom. The first-order chi connectivity index (χ1) is 23.2. The molecule has 2 amide bonds. The molecule has 2 saturated carbocycles. The predicted octanol–water partition coefficient (Wildman–Crippen LogP) is 6.09. The summed E-state index contributed by atoms with van der Waals surface area (Å²) >= 11 is 0. The van der Waals surface area contributed by atoms with Gasteiger partial charge >= 0.3 is 6.09 Å². The number of hydrogen-bond donors (Lipinski definition) is 1. The average molecular weight is 655 g/mol. The Balaban J connectivity index is 1.15. The van der Waals surface area contributed by atoms with E-state index in [2.05, 4.69) is 31.1 Å². The van der Waals surface area contributed by atoms with Crippen molar-refractivity contribution in [2.75, 3.05) is 31.6 Å². The second-order valence-electron chi connectivity index (χ2n) is 13.9. The lowest BCUT2D eigenvalue weighted by Gasteiger charge is -2.38. The molecule has 3 aliphatic rings. The van der Waals surface area contributed by atoms with Gasteiger partial charge in [0.05, 0.1) is 38.1 Å². The fourth-order valence-corrected chi connectivity index (χ4v) is 7.28. The first-order valence-electron chi connectivity index (χ1n) is 17.3. The van der Waals surface area contributed by atoms with Crippen LogP contribution in [0.4, 0.5) is 10.6 Å². The normalized spacial score (nSPS) is 22.9. The van der Waals surface area contributed by atoms with Gasteiger partial charge in [-0.25, -0.2) is 9.78 Å². The number of carbonyl (C=O) groups is 2. The van der Waals surface area contributed by atoms with Crippen LogP contribution in [-0.4, -0.2) is 75.7 Å². The molecule has 0 atom stereocenters. The van der Waals surface area contributed by atoms with Crippen molar-refractivity contribution in [2.45, 2.75) is 89.4 Å². The molecule has 3 aromatic rings. The minimum Gasteiger partial charge on any atom is -0.495 e. The molecule has 1 saturated heterocycles. The zero-order valence-corrected chi connectivity index (χ0v) is 28.1. The number of benzene rings is 1. The summed E-state index contributed by atoms with van der Waals surface area (Å²) in [6, 6.07) is 12.4. The summed E-state index contributed by atoms with van der Waals surface area (Å²) < 4.78 is 13.0. The van der Waals surface area contributed by atoms with E-state index in [1.165, 1.54) is 4.90 Å². The van der Waals surface area contributed by atoms with Gasteiger partial charge in [-0.15, -0.1) is 0 Å². The van der Waals surface area contributed by atoms with E-state index in [9.17, 15) is 20.0 Å². The highest BCUT2D eigenvalue weighted by molar-refractivity contribution is 5.94. The molecule has 0 radical (unpaired) electrons. The van der Waals surface area contributed by atoms with Crippen LogP contribution in [0.5, 0.6) is 5.75 Å².